The Morgan fingerprint density at radius 1 is 1.24 bits per heavy atom. The molecule has 1 aliphatic heterocycles. The quantitative estimate of drug-likeness (QED) is 0.288. The number of carbonyl (C=O) groups excluding carboxylic acids is 1. The fourth-order valence-corrected chi connectivity index (χ4v) is 4.14. The second-order valence-electron chi connectivity index (χ2n) is 7.72. The molecular weight excluding hydrogens is 417 g/mol. The van der Waals surface area contributed by atoms with Crippen LogP contribution in [-0.2, 0) is 4.79 Å². The molecule has 1 aliphatic carbocycles. The predicted octanol–water partition coefficient (Wildman–Crippen LogP) is 2.27. The van der Waals surface area contributed by atoms with Gasteiger partial charge >= 0.3 is 0 Å². The maximum atomic E-state index is 11.0. The molecule has 0 radical (unpaired) electrons. The number of amides is 1. The van der Waals surface area contributed by atoms with Gasteiger partial charge < -0.3 is 15.3 Å². The molecule has 1 atom stereocenters. The van der Waals surface area contributed by atoms with E-state index in [0.29, 0.717) is 17.6 Å². The Kier molecular flexibility index (Phi) is 10.8. The molecule has 1 saturated carbocycles. The molecule has 164 valence electrons. The molecule has 1 unspecified atom stereocenters. The lowest BCUT2D eigenvalue weighted by Gasteiger charge is -2.38. The van der Waals surface area contributed by atoms with E-state index >= 15 is 0 Å². The minimum Gasteiger partial charge on any atom is -0.396 e. The molecule has 0 aromatic carbocycles. The zero-order chi connectivity index (χ0) is 19.1. The van der Waals surface area contributed by atoms with Gasteiger partial charge in [0.05, 0.1) is 18.1 Å². The lowest BCUT2D eigenvalue weighted by molar-refractivity contribution is -0.124. The largest absolute Gasteiger partial charge is 0.396 e. The van der Waals surface area contributed by atoms with Crippen LogP contribution in [0.25, 0.3) is 6.08 Å². The number of carbonyl (C=O) groups is 1. The third-order valence-corrected chi connectivity index (χ3v) is 5.62. The van der Waals surface area contributed by atoms with Crippen LogP contribution in [0.3, 0.4) is 0 Å². The van der Waals surface area contributed by atoms with Crippen molar-refractivity contribution in [3.8, 4) is 0 Å². The number of aliphatic hydroxyl groups excluding tert-OH is 1. The number of aromatic nitrogens is 2. The number of aliphatic hydroxyl groups is 1. The summed E-state index contributed by atoms with van der Waals surface area (Å²) in [6.45, 7) is 3.24. The number of hydroxylamine groups is 1. The van der Waals surface area contributed by atoms with Crippen LogP contribution in [0, 0.1) is 5.41 Å². The number of nitrogens with zero attached hydrogens (tertiary/aromatic N) is 3. The van der Waals surface area contributed by atoms with Gasteiger partial charge in [0.2, 0.25) is 0 Å². The maximum Gasteiger partial charge on any atom is 0.267 e. The van der Waals surface area contributed by atoms with Crippen LogP contribution in [0.1, 0.15) is 44.2 Å². The number of anilines is 1. The summed E-state index contributed by atoms with van der Waals surface area (Å²) in [7, 11) is 0. The molecule has 1 aromatic rings. The second kappa shape index (κ2) is 12.3. The predicted molar refractivity (Wildman–Crippen MR) is 117 cm³/mol. The first kappa shape index (κ1) is 25.6. The molecular formula is C19H31Cl2N5O3. The highest BCUT2D eigenvalue weighted by Crippen LogP contribution is 2.37. The van der Waals surface area contributed by atoms with Crippen LogP contribution in [0.4, 0.5) is 5.82 Å². The molecule has 3 rings (SSSR count). The number of hydrogen-bond donors (Lipinski definition) is 4. The van der Waals surface area contributed by atoms with E-state index in [2.05, 4.69) is 20.2 Å². The first-order valence-corrected chi connectivity index (χ1v) is 9.66. The third kappa shape index (κ3) is 7.38. The molecule has 4 N–H and O–H groups in total. The van der Waals surface area contributed by atoms with Crippen LogP contribution in [-0.4, -0.2) is 63.4 Å². The second-order valence-corrected chi connectivity index (χ2v) is 7.72. The number of likely N-dealkylation sites (tertiary alicyclic amines) is 1. The molecule has 2 heterocycles. The van der Waals surface area contributed by atoms with Crippen molar-refractivity contribution in [2.75, 3.05) is 31.6 Å². The van der Waals surface area contributed by atoms with Gasteiger partial charge in [0.15, 0.2) is 0 Å². The Bertz CT molecular complexity index is 654. The van der Waals surface area contributed by atoms with Gasteiger partial charge in [-0.05, 0) is 25.3 Å². The molecule has 1 aromatic heterocycles. The first-order valence-electron chi connectivity index (χ1n) is 9.66. The van der Waals surface area contributed by atoms with E-state index in [4.69, 9.17) is 5.21 Å². The SMILES string of the molecule is Cl.Cl.O=C(/C=C/c1cnc(NC2CCN(CC3(CO)CCCCC3)C2)cn1)NO. The average Bonchev–Trinajstić information content (AvgIpc) is 3.14. The minimum atomic E-state index is -0.608. The zero-order valence-electron chi connectivity index (χ0n) is 16.4. The molecule has 1 saturated heterocycles. The van der Waals surface area contributed by atoms with Gasteiger partial charge in [-0.1, -0.05) is 19.3 Å². The summed E-state index contributed by atoms with van der Waals surface area (Å²) in [4.78, 5) is 22.0. The van der Waals surface area contributed by atoms with Crippen LogP contribution in [0.15, 0.2) is 18.5 Å². The van der Waals surface area contributed by atoms with E-state index < -0.39 is 5.91 Å². The van der Waals surface area contributed by atoms with E-state index in [-0.39, 0.29) is 36.8 Å². The maximum absolute atomic E-state index is 11.0. The van der Waals surface area contributed by atoms with Crippen molar-refractivity contribution >= 4 is 42.6 Å². The summed E-state index contributed by atoms with van der Waals surface area (Å²) in [6.07, 6.45) is 13.0. The minimum absolute atomic E-state index is 0. The van der Waals surface area contributed by atoms with Crippen molar-refractivity contribution in [1.82, 2.24) is 20.3 Å². The van der Waals surface area contributed by atoms with Gasteiger partial charge in [-0.25, -0.2) is 10.5 Å². The average molecular weight is 448 g/mol. The van der Waals surface area contributed by atoms with Gasteiger partial charge in [-0.3, -0.25) is 15.0 Å². The Morgan fingerprint density at radius 2 is 2.00 bits per heavy atom. The Labute approximate surface area is 184 Å². The van der Waals surface area contributed by atoms with Crippen molar-refractivity contribution in [1.29, 1.82) is 0 Å². The van der Waals surface area contributed by atoms with E-state index in [1.807, 2.05) is 0 Å². The van der Waals surface area contributed by atoms with Crippen LogP contribution in [0.5, 0.6) is 0 Å². The normalized spacial score (nSPS) is 21.2. The highest BCUT2D eigenvalue weighted by atomic mass is 35.5. The molecule has 10 heteroatoms. The number of hydrogen-bond acceptors (Lipinski definition) is 7. The standard InChI is InChI=1S/C19H29N5O3.2ClH/c25-14-19(7-2-1-3-8-19)13-24-9-6-16(12-24)22-17-11-20-15(10-21-17)4-5-18(26)23-27;;/h4-5,10-11,16,25,27H,1-3,6-9,12-14H2,(H,21,22)(H,23,26);2*1H/b5-4+;;. The number of nitrogens with one attached hydrogen (secondary N) is 2. The highest BCUT2D eigenvalue weighted by Gasteiger charge is 2.35. The summed E-state index contributed by atoms with van der Waals surface area (Å²) in [5.41, 5.74) is 2.15. The van der Waals surface area contributed by atoms with Crippen molar-refractivity contribution in [2.45, 2.75) is 44.6 Å². The van der Waals surface area contributed by atoms with E-state index in [1.54, 1.807) is 12.4 Å². The van der Waals surface area contributed by atoms with Crippen LogP contribution in [0.2, 0.25) is 0 Å². The van der Waals surface area contributed by atoms with Gasteiger partial charge in [-0.2, -0.15) is 0 Å². The Hall–Kier alpha value is -1.45. The summed E-state index contributed by atoms with van der Waals surface area (Å²) >= 11 is 0. The molecule has 1 amide bonds. The lowest BCUT2D eigenvalue weighted by atomic mass is 9.74. The summed E-state index contributed by atoms with van der Waals surface area (Å²) in [6, 6.07) is 0.320. The van der Waals surface area contributed by atoms with Crippen molar-refractivity contribution in [2.24, 2.45) is 5.41 Å². The highest BCUT2D eigenvalue weighted by molar-refractivity contribution is 5.90. The molecule has 2 fully saturated rings. The van der Waals surface area contributed by atoms with Crippen molar-refractivity contribution in [3.05, 3.63) is 24.2 Å². The van der Waals surface area contributed by atoms with Gasteiger partial charge in [0, 0.05) is 43.8 Å². The van der Waals surface area contributed by atoms with Crippen molar-refractivity contribution in [3.63, 3.8) is 0 Å². The molecule has 0 spiro atoms. The lowest BCUT2D eigenvalue weighted by Crippen LogP contribution is -2.41. The first-order chi connectivity index (χ1) is 13.1. The molecule has 8 nitrogen and oxygen atoms in total. The summed E-state index contributed by atoms with van der Waals surface area (Å²) < 4.78 is 0. The smallest absolute Gasteiger partial charge is 0.267 e. The van der Waals surface area contributed by atoms with Crippen LogP contribution < -0.4 is 10.8 Å². The Morgan fingerprint density at radius 3 is 2.62 bits per heavy atom. The topological polar surface area (TPSA) is 111 Å². The molecule has 0 bridgehead atoms. The molecule has 29 heavy (non-hydrogen) atoms. The summed E-state index contributed by atoms with van der Waals surface area (Å²) in [5, 5.41) is 21.8. The summed E-state index contributed by atoms with van der Waals surface area (Å²) in [5.74, 6) is 0.101. The third-order valence-electron chi connectivity index (χ3n) is 5.62. The van der Waals surface area contributed by atoms with Crippen LogP contribution >= 0.6 is 24.8 Å². The Balaban J connectivity index is 0.00000210. The van der Waals surface area contributed by atoms with Gasteiger partial charge in [0.1, 0.15) is 5.82 Å². The van der Waals surface area contributed by atoms with Crippen molar-refractivity contribution < 1.29 is 15.1 Å². The fraction of sp³-hybridized carbons (Fsp3) is 0.632. The zero-order valence-corrected chi connectivity index (χ0v) is 18.1. The van der Waals surface area contributed by atoms with Gasteiger partial charge in [-0.15, -0.1) is 24.8 Å². The number of halogens is 2. The monoisotopic (exact) mass is 447 g/mol. The molecule has 2 aliphatic rings. The van der Waals surface area contributed by atoms with Gasteiger partial charge in [0.25, 0.3) is 5.91 Å². The fourth-order valence-electron chi connectivity index (χ4n) is 4.14. The van der Waals surface area contributed by atoms with E-state index in [9.17, 15) is 9.90 Å². The van der Waals surface area contributed by atoms with E-state index in [0.717, 1.165) is 38.9 Å². The van der Waals surface area contributed by atoms with E-state index in [1.165, 1.54) is 36.9 Å². The number of rotatable bonds is 7.